The summed E-state index contributed by atoms with van der Waals surface area (Å²) in [5.41, 5.74) is 8.97. The molecular weight excluding hydrogens is 333 g/mol. The number of hydrogen-bond donors (Lipinski definition) is 2. The van der Waals surface area contributed by atoms with E-state index in [-0.39, 0.29) is 24.8 Å². The first-order valence-corrected chi connectivity index (χ1v) is 8.56. The lowest BCUT2D eigenvalue weighted by molar-refractivity contribution is -0.127. The molecule has 0 aliphatic carbocycles. The lowest BCUT2D eigenvalue weighted by Gasteiger charge is -2.34. The van der Waals surface area contributed by atoms with Gasteiger partial charge < -0.3 is 11.1 Å². The second-order valence-electron chi connectivity index (χ2n) is 6.66. The van der Waals surface area contributed by atoms with Gasteiger partial charge in [0.25, 0.3) is 0 Å². The van der Waals surface area contributed by atoms with Crippen LogP contribution in [0.15, 0.2) is 42.5 Å². The van der Waals surface area contributed by atoms with Crippen LogP contribution in [0.1, 0.15) is 22.3 Å². The van der Waals surface area contributed by atoms with Crippen LogP contribution in [0.5, 0.6) is 0 Å². The number of carbonyl (C=O) groups is 2. The van der Waals surface area contributed by atoms with Crippen LogP contribution in [0.2, 0.25) is 0 Å². The average Bonchev–Trinajstić information content (AvgIpc) is 2.62. The molecule has 26 heavy (non-hydrogen) atoms. The lowest BCUT2D eigenvalue weighted by Crippen LogP contribution is -2.51. The van der Waals surface area contributed by atoms with E-state index in [2.05, 4.69) is 5.32 Å². The summed E-state index contributed by atoms with van der Waals surface area (Å²) in [6.07, 6.45) is 0.502. The predicted molar refractivity (Wildman–Crippen MR) is 96.5 cm³/mol. The highest BCUT2D eigenvalue weighted by molar-refractivity contribution is 5.83. The highest BCUT2D eigenvalue weighted by atomic mass is 19.1. The maximum Gasteiger partial charge on any atom is 0.235 e. The third kappa shape index (κ3) is 4.08. The van der Waals surface area contributed by atoms with Crippen molar-refractivity contribution in [1.29, 1.82) is 0 Å². The van der Waals surface area contributed by atoms with Gasteiger partial charge in [0.1, 0.15) is 5.82 Å². The Morgan fingerprint density at radius 1 is 1.23 bits per heavy atom. The van der Waals surface area contributed by atoms with E-state index in [1.165, 1.54) is 6.07 Å². The Balaban J connectivity index is 1.63. The summed E-state index contributed by atoms with van der Waals surface area (Å²) in [4.78, 5) is 25.9. The summed E-state index contributed by atoms with van der Waals surface area (Å²) in [6, 6.07) is 12.2. The minimum absolute atomic E-state index is 0.0658. The van der Waals surface area contributed by atoms with Crippen LogP contribution in [0.3, 0.4) is 0 Å². The van der Waals surface area contributed by atoms with Crippen molar-refractivity contribution in [3.05, 3.63) is 70.5 Å². The van der Waals surface area contributed by atoms with Gasteiger partial charge in [0.2, 0.25) is 11.8 Å². The number of nitrogens with zero attached hydrogens (tertiary/aromatic N) is 1. The van der Waals surface area contributed by atoms with Crippen LogP contribution >= 0.6 is 0 Å². The zero-order chi connectivity index (χ0) is 18.7. The van der Waals surface area contributed by atoms with Crippen LogP contribution in [0, 0.1) is 12.7 Å². The number of halogens is 1. The van der Waals surface area contributed by atoms with Crippen molar-refractivity contribution in [2.24, 2.45) is 5.73 Å². The Labute approximate surface area is 152 Å². The summed E-state index contributed by atoms with van der Waals surface area (Å²) in [5.74, 6) is -0.956. The Bertz CT molecular complexity index is 838. The Hall–Kier alpha value is -2.73. The molecule has 0 unspecified atom stereocenters. The smallest absolute Gasteiger partial charge is 0.235 e. The van der Waals surface area contributed by atoms with E-state index in [9.17, 15) is 14.0 Å². The summed E-state index contributed by atoms with van der Waals surface area (Å²) in [5, 5.41) is 2.78. The number of aryl methyl sites for hydroxylation is 1. The van der Waals surface area contributed by atoms with Crippen LogP contribution in [0.4, 0.5) is 4.39 Å². The molecule has 0 spiro atoms. The number of benzene rings is 2. The van der Waals surface area contributed by atoms with E-state index < -0.39 is 11.9 Å². The van der Waals surface area contributed by atoms with Gasteiger partial charge in [0.15, 0.2) is 0 Å². The molecule has 2 amide bonds. The van der Waals surface area contributed by atoms with Crippen molar-refractivity contribution in [2.75, 3.05) is 6.54 Å². The van der Waals surface area contributed by atoms with Gasteiger partial charge in [0.05, 0.1) is 12.6 Å². The number of rotatable bonds is 5. The first-order valence-electron chi connectivity index (χ1n) is 8.56. The van der Waals surface area contributed by atoms with Gasteiger partial charge >= 0.3 is 0 Å². The zero-order valence-electron chi connectivity index (χ0n) is 14.7. The maximum absolute atomic E-state index is 13.6. The maximum atomic E-state index is 13.6. The van der Waals surface area contributed by atoms with Crippen molar-refractivity contribution in [1.82, 2.24) is 10.2 Å². The van der Waals surface area contributed by atoms with Crippen molar-refractivity contribution in [3.63, 3.8) is 0 Å². The van der Waals surface area contributed by atoms with Crippen LogP contribution in [0.25, 0.3) is 0 Å². The van der Waals surface area contributed by atoms with E-state index in [0.717, 1.165) is 11.1 Å². The normalized spacial score (nSPS) is 16.8. The van der Waals surface area contributed by atoms with Gasteiger partial charge in [-0.2, -0.15) is 0 Å². The number of carbonyl (C=O) groups excluding carboxylic acids is 2. The van der Waals surface area contributed by atoms with Crippen molar-refractivity contribution in [2.45, 2.75) is 32.5 Å². The molecular formula is C20H22FN3O2. The number of fused-ring (bicyclic) bond motifs is 1. The number of amides is 2. The standard InChI is InChI=1S/C20H22FN3O2/c1-13-6-7-14(8-17(13)21)10-23-19(25)12-24-11-16-5-3-2-4-15(16)9-18(24)20(22)26/h2-8,18H,9-12H2,1H3,(H2,22,26)(H,23,25)/t18-/m0/s1. The fourth-order valence-electron chi connectivity index (χ4n) is 3.21. The molecule has 2 aromatic rings. The fraction of sp³-hybridized carbons (Fsp3) is 0.300. The lowest BCUT2D eigenvalue weighted by atomic mass is 9.93. The van der Waals surface area contributed by atoms with E-state index in [1.807, 2.05) is 24.3 Å². The summed E-state index contributed by atoms with van der Waals surface area (Å²) >= 11 is 0. The molecule has 1 atom stereocenters. The van der Waals surface area contributed by atoms with Gasteiger partial charge in [-0.05, 0) is 41.7 Å². The van der Waals surface area contributed by atoms with E-state index >= 15 is 0 Å². The molecule has 1 aliphatic heterocycles. The van der Waals surface area contributed by atoms with Crippen molar-refractivity contribution in [3.8, 4) is 0 Å². The third-order valence-corrected chi connectivity index (χ3v) is 4.75. The number of nitrogens with two attached hydrogens (primary N) is 1. The van der Waals surface area contributed by atoms with Crippen LogP contribution < -0.4 is 11.1 Å². The highest BCUT2D eigenvalue weighted by Gasteiger charge is 2.31. The van der Waals surface area contributed by atoms with Crippen molar-refractivity contribution >= 4 is 11.8 Å². The third-order valence-electron chi connectivity index (χ3n) is 4.75. The zero-order valence-corrected chi connectivity index (χ0v) is 14.7. The molecule has 0 saturated carbocycles. The second-order valence-corrected chi connectivity index (χ2v) is 6.66. The van der Waals surface area contributed by atoms with Gasteiger partial charge in [-0.25, -0.2) is 4.39 Å². The SMILES string of the molecule is Cc1ccc(CNC(=O)CN2Cc3ccccc3C[C@H]2C(N)=O)cc1F. The topological polar surface area (TPSA) is 75.4 Å². The van der Waals surface area contributed by atoms with Gasteiger partial charge in [-0.3, -0.25) is 14.5 Å². The van der Waals surface area contributed by atoms with E-state index in [4.69, 9.17) is 5.73 Å². The molecule has 136 valence electrons. The number of nitrogens with one attached hydrogen (secondary N) is 1. The van der Waals surface area contributed by atoms with Gasteiger partial charge in [-0.15, -0.1) is 0 Å². The molecule has 0 radical (unpaired) electrons. The van der Waals surface area contributed by atoms with E-state index in [1.54, 1.807) is 24.0 Å². The van der Waals surface area contributed by atoms with Crippen LogP contribution in [-0.2, 0) is 29.1 Å². The first-order chi connectivity index (χ1) is 12.4. The summed E-state index contributed by atoms with van der Waals surface area (Å²) < 4.78 is 13.6. The quantitative estimate of drug-likeness (QED) is 0.857. The van der Waals surface area contributed by atoms with Gasteiger partial charge in [0, 0.05) is 13.1 Å². The van der Waals surface area contributed by atoms with Gasteiger partial charge in [-0.1, -0.05) is 36.4 Å². The van der Waals surface area contributed by atoms with E-state index in [0.29, 0.717) is 24.1 Å². The number of hydrogen-bond acceptors (Lipinski definition) is 3. The first kappa shape index (κ1) is 18.1. The van der Waals surface area contributed by atoms with Crippen molar-refractivity contribution < 1.29 is 14.0 Å². The Kier molecular flexibility index (Phi) is 5.32. The highest BCUT2D eigenvalue weighted by Crippen LogP contribution is 2.22. The Morgan fingerprint density at radius 2 is 1.96 bits per heavy atom. The minimum Gasteiger partial charge on any atom is -0.368 e. The average molecular weight is 355 g/mol. The molecule has 3 N–H and O–H groups in total. The molecule has 0 fully saturated rings. The molecule has 0 saturated heterocycles. The molecule has 1 heterocycles. The molecule has 2 aromatic carbocycles. The predicted octanol–water partition coefficient (Wildman–Crippen LogP) is 1.66. The van der Waals surface area contributed by atoms with Crippen LogP contribution in [-0.4, -0.2) is 29.3 Å². The molecule has 5 nitrogen and oxygen atoms in total. The summed E-state index contributed by atoms with van der Waals surface area (Å²) in [7, 11) is 0. The fourth-order valence-corrected chi connectivity index (χ4v) is 3.21. The second kappa shape index (κ2) is 7.66. The molecule has 6 heteroatoms. The number of primary amides is 1. The molecule has 1 aliphatic rings. The molecule has 0 aromatic heterocycles. The monoisotopic (exact) mass is 355 g/mol. The molecule has 3 rings (SSSR count). The largest absolute Gasteiger partial charge is 0.368 e. The summed E-state index contributed by atoms with van der Waals surface area (Å²) in [6.45, 7) is 2.49. The minimum atomic E-state index is -0.507. The Morgan fingerprint density at radius 3 is 2.65 bits per heavy atom. The molecule has 0 bridgehead atoms.